The Balaban J connectivity index is 1.83. The molecule has 15 heavy (non-hydrogen) atoms. The lowest BCUT2D eigenvalue weighted by Crippen LogP contribution is -2.40. The summed E-state index contributed by atoms with van der Waals surface area (Å²) in [6, 6.07) is 2.95. The van der Waals surface area contributed by atoms with Crippen LogP contribution in [0.1, 0.15) is 38.7 Å². The van der Waals surface area contributed by atoms with Crippen LogP contribution in [0.4, 0.5) is 0 Å². The Morgan fingerprint density at radius 3 is 3.00 bits per heavy atom. The van der Waals surface area contributed by atoms with Crippen molar-refractivity contribution < 1.29 is 0 Å². The first-order valence-electron chi connectivity index (χ1n) is 6.02. The monoisotopic (exact) mass is 223 g/mol. The third-order valence-corrected chi connectivity index (χ3v) is 4.59. The topological polar surface area (TPSA) is 12.0 Å². The second-order valence-electron chi connectivity index (χ2n) is 4.89. The Morgan fingerprint density at radius 1 is 1.40 bits per heavy atom. The molecule has 1 N–H and O–H groups in total. The second kappa shape index (κ2) is 5.13. The SMILES string of the molecule is C[C@@H]1[C@@H](C)CCC[C@H]1NCc1ccsc1. The van der Waals surface area contributed by atoms with E-state index in [2.05, 4.69) is 36.0 Å². The third kappa shape index (κ3) is 2.82. The van der Waals surface area contributed by atoms with Crippen LogP contribution in [0, 0.1) is 11.8 Å². The Bertz CT molecular complexity index is 281. The summed E-state index contributed by atoms with van der Waals surface area (Å²) in [5, 5.41) is 8.11. The van der Waals surface area contributed by atoms with Crippen molar-refractivity contribution in [3.05, 3.63) is 22.4 Å². The number of thiophene rings is 1. The van der Waals surface area contributed by atoms with Crippen LogP contribution in [0.5, 0.6) is 0 Å². The largest absolute Gasteiger partial charge is 0.310 e. The van der Waals surface area contributed by atoms with Gasteiger partial charge in [0, 0.05) is 12.6 Å². The average Bonchev–Trinajstić information content (AvgIpc) is 2.73. The predicted octanol–water partition coefficient (Wildman–Crippen LogP) is 3.66. The molecule has 2 rings (SSSR count). The van der Waals surface area contributed by atoms with Gasteiger partial charge in [0.2, 0.25) is 0 Å². The fraction of sp³-hybridized carbons (Fsp3) is 0.692. The van der Waals surface area contributed by atoms with Gasteiger partial charge in [-0.1, -0.05) is 26.7 Å². The number of nitrogens with one attached hydrogen (secondary N) is 1. The number of hydrogen-bond donors (Lipinski definition) is 1. The lowest BCUT2D eigenvalue weighted by atomic mass is 9.78. The molecule has 1 heterocycles. The minimum Gasteiger partial charge on any atom is -0.310 e. The zero-order valence-electron chi connectivity index (χ0n) is 9.70. The van der Waals surface area contributed by atoms with Gasteiger partial charge in [0.1, 0.15) is 0 Å². The van der Waals surface area contributed by atoms with Crippen molar-refractivity contribution in [2.75, 3.05) is 0 Å². The molecule has 0 radical (unpaired) electrons. The highest BCUT2D eigenvalue weighted by molar-refractivity contribution is 7.07. The zero-order chi connectivity index (χ0) is 10.7. The van der Waals surface area contributed by atoms with Gasteiger partial charge in [0.25, 0.3) is 0 Å². The lowest BCUT2D eigenvalue weighted by Gasteiger charge is -2.34. The van der Waals surface area contributed by atoms with E-state index in [4.69, 9.17) is 0 Å². The molecule has 1 aliphatic carbocycles. The summed E-state index contributed by atoms with van der Waals surface area (Å²) < 4.78 is 0. The molecule has 0 aromatic carbocycles. The molecule has 0 amide bonds. The molecular formula is C13H21NS. The molecule has 0 bridgehead atoms. The van der Waals surface area contributed by atoms with Gasteiger partial charge in [-0.3, -0.25) is 0 Å². The highest BCUT2D eigenvalue weighted by Crippen LogP contribution is 2.29. The van der Waals surface area contributed by atoms with Gasteiger partial charge in [-0.05, 0) is 40.6 Å². The van der Waals surface area contributed by atoms with Crippen LogP contribution in [0.2, 0.25) is 0 Å². The molecule has 1 aromatic heterocycles. The van der Waals surface area contributed by atoms with Gasteiger partial charge >= 0.3 is 0 Å². The quantitative estimate of drug-likeness (QED) is 0.824. The maximum absolute atomic E-state index is 3.71. The van der Waals surface area contributed by atoms with Gasteiger partial charge in [-0.25, -0.2) is 0 Å². The maximum atomic E-state index is 3.71. The first-order chi connectivity index (χ1) is 7.27. The van der Waals surface area contributed by atoms with Crippen molar-refractivity contribution in [2.24, 2.45) is 11.8 Å². The van der Waals surface area contributed by atoms with Crippen LogP contribution < -0.4 is 5.32 Å². The minimum absolute atomic E-state index is 0.730. The van der Waals surface area contributed by atoms with E-state index < -0.39 is 0 Å². The molecule has 0 saturated heterocycles. The fourth-order valence-corrected chi connectivity index (χ4v) is 3.18. The standard InChI is InChI=1S/C13H21NS/c1-10-4-3-5-13(11(10)2)14-8-12-6-7-15-9-12/h6-7,9-11,13-14H,3-5,8H2,1-2H3/t10-,11+,13+/m0/s1. The summed E-state index contributed by atoms with van der Waals surface area (Å²) >= 11 is 1.79. The minimum atomic E-state index is 0.730. The van der Waals surface area contributed by atoms with E-state index in [1.165, 1.54) is 24.8 Å². The van der Waals surface area contributed by atoms with Crippen molar-refractivity contribution >= 4 is 11.3 Å². The Kier molecular flexibility index (Phi) is 3.81. The number of rotatable bonds is 3. The summed E-state index contributed by atoms with van der Waals surface area (Å²) in [7, 11) is 0. The Labute approximate surface area is 96.9 Å². The van der Waals surface area contributed by atoms with E-state index in [9.17, 15) is 0 Å². The fourth-order valence-electron chi connectivity index (χ4n) is 2.51. The summed E-state index contributed by atoms with van der Waals surface area (Å²) in [6.45, 7) is 5.84. The highest BCUT2D eigenvalue weighted by Gasteiger charge is 2.26. The molecule has 0 unspecified atom stereocenters. The molecule has 0 spiro atoms. The second-order valence-corrected chi connectivity index (χ2v) is 5.67. The van der Waals surface area contributed by atoms with E-state index in [1.807, 2.05) is 0 Å². The van der Waals surface area contributed by atoms with Gasteiger partial charge in [0.15, 0.2) is 0 Å². The van der Waals surface area contributed by atoms with Gasteiger partial charge in [0.05, 0.1) is 0 Å². The van der Waals surface area contributed by atoms with E-state index >= 15 is 0 Å². The van der Waals surface area contributed by atoms with Crippen LogP contribution in [0.15, 0.2) is 16.8 Å². The van der Waals surface area contributed by atoms with Crippen LogP contribution in [0.25, 0.3) is 0 Å². The Morgan fingerprint density at radius 2 is 2.27 bits per heavy atom. The molecule has 2 heteroatoms. The van der Waals surface area contributed by atoms with Crippen LogP contribution in [-0.4, -0.2) is 6.04 Å². The molecule has 1 aromatic rings. The third-order valence-electron chi connectivity index (χ3n) is 3.86. The first kappa shape index (κ1) is 11.2. The van der Waals surface area contributed by atoms with Gasteiger partial charge in [-0.2, -0.15) is 11.3 Å². The van der Waals surface area contributed by atoms with Crippen molar-refractivity contribution in [1.29, 1.82) is 0 Å². The van der Waals surface area contributed by atoms with Crippen molar-refractivity contribution in [1.82, 2.24) is 5.32 Å². The molecule has 1 aliphatic rings. The molecular weight excluding hydrogens is 202 g/mol. The molecule has 0 aliphatic heterocycles. The smallest absolute Gasteiger partial charge is 0.0216 e. The first-order valence-corrected chi connectivity index (χ1v) is 6.96. The van der Waals surface area contributed by atoms with E-state index in [0.717, 1.165) is 24.4 Å². The summed E-state index contributed by atoms with van der Waals surface area (Å²) in [4.78, 5) is 0. The van der Waals surface area contributed by atoms with Crippen molar-refractivity contribution in [3.8, 4) is 0 Å². The summed E-state index contributed by atoms with van der Waals surface area (Å²) in [6.07, 6.45) is 4.17. The predicted molar refractivity (Wildman–Crippen MR) is 67.1 cm³/mol. The molecule has 3 atom stereocenters. The highest BCUT2D eigenvalue weighted by atomic mass is 32.1. The van der Waals surface area contributed by atoms with Crippen LogP contribution >= 0.6 is 11.3 Å². The zero-order valence-corrected chi connectivity index (χ0v) is 10.5. The molecule has 1 saturated carbocycles. The Hall–Kier alpha value is -0.340. The molecule has 1 nitrogen and oxygen atoms in total. The molecule has 84 valence electrons. The van der Waals surface area contributed by atoms with Crippen molar-refractivity contribution in [2.45, 2.75) is 45.7 Å². The van der Waals surface area contributed by atoms with E-state index in [-0.39, 0.29) is 0 Å². The van der Waals surface area contributed by atoms with E-state index in [1.54, 1.807) is 11.3 Å². The van der Waals surface area contributed by atoms with E-state index in [0.29, 0.717) is 0 Å². The molecule has 1 fully saturated rings. The van der Waals surface area contributed by atoms with Gasteiger partial charge in [-0.15, -0.1) is 0 Å². The average molecular weight is 223 g/mol. The lowest BCUT2D eigenvalue weighted by molar-refractivity contribution is 0.206. The number of hydrogen-bond acceptors (Lipinski definition) is 2. The summed E-state index contributed by atoms with van der Waals surface area (Å²) in [5.74, 6) is 1.72. The normalized spacial score (nSPS) is 31.7. The van der Waals surface area contributed by atoms with Crippen LogP contribution in [0.3, 0.4) is 0 Å². The van der Waals surface area contributed by atoms with Crippen molar-refractivity contribution in [3.63, 3.8) is 0 Å². The van der Waals surface area contributed by atoms with Gasteiger partial charge < -0.3 is 5.32 Å². The van der Waals surface area contributed by atoms with Crippen LogP contribution in [-0.2, 0) is 6.54 Å². The summed E-state index contributed by atoms with van der Waals surface area (Å²) in [5.41, 5.74) is 1.44. The maximum Gasteiger partial charge on any atom is 0.0216 e.